The number of allylic oxidation sites excluding steroid dienone is 3. The van der Waals surface area contributed by atoms with Crippen molar-refractivity contribution < 1.29 is 24.2 Å². The molecule has 33 heavy (non-hydrogen) atoms. The Morgan fingerprint density at radius 2 is 1.30 bits per heavy atom. The van der Waals surface area contributed by atoms with Crippen molar-refractivity contribution in [3.05, 3.63) is 34.5 Å². The van der Waals surface area contributed by atoms with Crippen molar-refractivity contribution in [3.63, 3.8) is 0 Å². The van der Waals surface area contributed by atoms with E-state index in [1.165, 1.54) is 59.2 Å². The predicted octanol–water partition coefficient (Wildman–Crippen LogP) is 7.23. The molecule has 2 atom stereocenters. The Bertz CT molecular complexity index is 741. The van der Waals surface area contributed by atoms with Gasteiger partial charge in [0.2, 0.25) is 17.3 Å². The molecule has 0 amide bonds. The van der Waals surface area contributed by atoms with Crippen LogP contribution >= 0.6 is 0 Å². The van der Waals surface area contributed by atoms with Crippen molar-refractivity contribution in [2.45, 2.75) is 98.8 Å². The summed E-state index contributed by atoms with van der Waals surface area (Å²) in [5, 5.41) is 10.2. The summed E-state index contributed by atoms with van der Waals surface area (Å²) < 4.78 is 9.99. The van der Waals surface area contributed by atoms with E-state index in [1.807, 2.05) is 13.0 Å². The monoisotopic (exact) mass is 462 g/mol. The Hall–Kier alpha value is -2.04. The summed E-state index contributed by atoms with van der Waals surface area (Å²) in [6.45, 7) is 11.4. The van der Waals surface area contributed by atoms with Gasteiger partial charge in [0.05, 0.1) is 19.8 Å². The van der Waals surface area contributed by atoms with E-state index in [9.17, 15) is 14.7 Å². The van der Waals surface area contributed by atoms with Gasteiger partial charge in [-0.15, -0.1) is 0 Å². The van der Waals surface area contributed by atoms with Crippen molar-refractivity contribution in [1.82, 2.24) is 0 Å². The molecule has 0 aromatic carbocycles. The molecule has 0 aromatic rings. The van der Waals surface area contributed by atoms with E-state index in [0.717, 1.165) is 30.3 Å². The van der Waals surface area contributed by atoms with Crippen LogP contribution in [-0.4, -0.2) is 30.9 Å². The average Bonchev–Trinajstić information content (AvgIpc) is 2.75. The first-order chi connectivity index (χ1) is 15.6. The number of aliphatic hydroxyl groups is 1. The predicted molar refractivity (Wildman–Crippen MR) is 134 cm³/mol. The molecule has 0 spiro atoms. The lowest BCUT2D eigenvalue weighted by Crippen LogP contribution is -2.25. The van der Waals surface area contributed by atoms with Gasteiger partial charge in [-0.05, 0) is 43.9 Å². The van der Waals surface area contributed by atoms with E-state index in [1.54, 1.807) is 0 Å². The number of methoxy groups -OCH3 is 2. The Morgan fingerprint density at radius 1 is 0.818 bits per heavy atom. The minimum Gasteiger partial charge on any atom is -0.504 e. The van der Waals surface area contributed by atoms with E-state index >= 15 is 0 Å². The molecule has 1 aliphatic rings. The molecule has 2 unspecified atom stereocenters. The summed E-state index contributed by atoms with van der Waals surface area (Å²) in [5.74, 6) is 0.203. The van der Waals surface area contributed by atoms with E-state index in [-0.39, 0.29) is 23.5 Å². The van der Waals surface area contributed by atoms with Gasteiger partial charge in [0, 0.05) is 0 Å². The number of ether oxygens (including phenoxy) is 2. The maximum Gasteiger partial charge on any atom is 0.266 e. The first-order valence-corrected chi connectivity index (χ1v) is 12.6. The minimum absolute atomic E-state index is 0.0629. The number of ketones is 2. The molecule has 0 heterocycles. The SMILES string of the molecule is COC1=C(OC)C(=O)C(C/C=C(\C)CCCC(C)CCCC(C)CCCC(C)C)=C(O)C1=O. The maximum atomic E-state index is 12.6. The number of carbonyl (C=O) groups excluding carboxylic acids is 2. The summed E-state index contributed by atoms with van der Waals surface area (Å²) >= 11 is 0. The fraction of sp³-hybridized carbons (Fsp3) is 0.714. The van der Waals surface area contributed by atoms with Gasteiger partial charge in [-0.3, -0.25) is 9.59 Å². The van der Waals surface area contributed by atoms with Crippen LogP contribution in [0, 0.1) is 17.8 Å². The van der Waals surface area contributed by atoms with Gasteiger partial charge in [-0.1, -0.05) is 84.3 Å². The molecular formula is C28H46O5. The van der Waals surface area contributed by atoms with Crippen molar-refractivity contribution >= 4 is 11.6 Å². The van der Waals surface area contributed by atoms with E-state index < -0.39 is 17.3 Å². The van der Waals surface area contributed by atoms with Gasteiger partial charge in [0.25, 0.3) is 5.78 Å². The fourth-order valence-electron chi connectivity index (χ4n) is 4.34. The first-order valence-electron chi connectivity index (χ1n) is 12.6. The van der Waals surface area contributed by atoms with Crippen LogP contribution in [0.1, 0.15) is 98.8 Å². The zero-order valence-corrected chi connectivity index (χ0v) is 22.0. The van der Waals surface area contributed by atoms with E-state index in [0.29, 0.717) is 5.92 Å². The number of aliphatic hydroxyl groups excluding tert-OH is 1. The lowest BCUT2D eigenvalue weighted by atomic mass is 9.91. The van der Waals surface area contributed by atoms with Gasteiger partial charge in [0.15, 0.2) is 5.76 Å². The van der Waals surface area contributed by atoms with Gasteiger partial charge >= 0.3 is 0 Å². The number of hydrogen-bond acceptors (Lipinski definition) is 5. The van der Waals surface area contributed by atoms with Crippen LogP contribution in [0.15, 0.2) is 34.5 Å². The standard InChI is InChI=1S/C28H46O5/c1-19(2)11-8-12-20(3)13-9-14-21(4)15-10-16-22(5)17-18-23-24(29)26(31)28(33-7)27(32-6)25(23)30/h17,19-21,29H,8-16,18H2,1-7H3/b22-17+. The molecule has 0 saturated heterocycles. The summed E-state index contributed by atoms with van der Waals surface area (Å²) in [5.41, 5.74) is 1.22. The largest absolute Gasteiger partial charge is 0.504 e. The molecular weight excluding hydrogens is 416 g/mol. The molecule has 1 N–H and O–H groups in total. The molecule has 0 saturated carbocycles. The summed E-state index contributed by atoms with van der Waals surface area (Å²) in [6.07, 6.45) is 13.3. The third kappa shape index (κ3) is 9.77. The smallest absolute Gasteiger partial charge is 0.266 e. The van der Waals surface area contributed by atoms with Crippen molar-refractivity contribution in [2.75, 3.05) is 14.2 Å². The van der Waals surface area contributed by atoms with Gasteiger partial charge in [-0.2, -0.15) is 0 Å². The molecule has 188 valence electrons. The summed E-state index contributed by atoms with van der Waals surface area (Å²) in [6, 6.07) is 0. The van der Waals surface area contributed by atoms with Crippen LogP contribution < -0.4 is 0 Å². The average molecular weight is 463 g/mol. The minimum atomic E-state index is -0.710. The number of carbonyl (C=O) groups is 2. The van der Waals surface area contributed by atoms with E-state index in [2.05, 4.69) is 27.7 Å². The Morgan fingerprint density at radius 3 is 1.82 bits per heavy atom. The zero-order chi connectivity index (χ0) is 25.0. The van der Waals surface area contributed by atoms with Gasteiger partial charge in [-0.25, -0.2) is 0 Å². The van der Waals surface area contributed by atoms with Crippen LogP contribution in [0.25, 0.3) is 0 Å². The van der Waals surface area contributed by atoms with Crippen LogP contribution in [0.2, 0.25) is 0 Å². The highest BCUT2D eigenvalue weighted by Gasteiger charge is 2.36. The highest BCUT2D eigenvalue weighted by atomic mass is 16.5. The highest BCUT2D eigenvalue weighted by Crippen LogP contribution is 2.27. The summed E-state index contributed by atoms with van der Waals surface area (Å²) in [4.78, 5) is 24.8. The third-order valence-electron chi connectivity index (χ3n) is 6.60. The molecule has 5 heteroatoms. The lowest BCUT2D eigenvalue weighted by molar-refractivity contribution is -0.123. The van der Waals surface area contributed by atoms with Crippen LogP contribution in [-0.2, 0) is 19.1 Å². The second-order valence-corrected chi connectivity index (χ2v) is 10.2. The van der Waals surface area contributed by atoms with Gasteiger partial charge < -0.3 is 14.6 Å². The van der Waals surface area contributed by atoms with Crippen LogP contribution in [0.4, 0.5) is 0 Å². The second kappa shape index (κ2) is 15.0. The molecule has 0 radical (unpaired) electrons. The topological polar surface area (TPSA) is 72.8 Å². The molecule has 1 rings (SSSR count). The highest BCUT2D eigenvalue weighted by molar-refractivity contribution is 6.22. The molecule has 1 aliphatic carbocycles. The Labute approximate surface area is 201 Å². The Balaban J connectivity index is 2.39. The number of rotatable bonds is 16. The van der Waals surface area contributed by atoms with Gasteiger partial charge in [0.1, 0.15) is 0 Å². The quantitative estimate of drug-likeness (QED) is 0.193. The molecule has 0 bridgehead atoms. The van der Waals surface area contributed by atoms with E-state index in [4.69, 9.17) is 9.47 Å². The number of hydrogen-bond donors (Lipinski definition) is 1. The zero-order valence-electron chi connectivity index (χ0n) is 22.0. The number of Topliss-reactive ketones (excluding diaryl/α,β-unsaturated/α-hetero) is 2. The fourth-order valence-corrected chi connectivity index (χ4v) is 4.34. The Kier molecular flexibility index (Phi) is 13.2. The van der Waals surface area contributed by atoms with Crippen molar-refractivity contribution in [2.24, 2.45) is 17.8 Å². The van der Waals surface area contributed by atoms with Crippen molar-refractivity contribution in [1.29, 1.82) is 0 Å². The first kappa shape index (κ1) is 29.0. The molecule has 0 fully saturated rings. The molecule has 0 aliphatic heterocycles. The maximum absolute atomic E-state index is 12.6. The molecule has 5 nitrogen and oxygen atoms in total. The van der Waals surface area contributed by atoms with Crippen LogP contribution in [0.5, 0.6) is 0 Å². The normalized spacial score (nSPS) is 17.2. The lowest BCUT2D eigenvalue weighted by Gasteiger charge is -2.18. The second-order valence-electron chi connectivity index (χ2n) is 10.2. The van der Waals surface area contributed by atoms with Crippen molar-refractivity contribution in [3.8, 4) is 0 Å². The van der Waals surface area contributed by atoms with Crippen LogP contribution in [0.3, 0.4) is 0 Å². The molecule has 0 aromatic heterocycles. The third-order valence-corrected chi connectivity index (χ3v) is 6.60. The summed E-state index contributed by atoms with van der Waals surface area (Å²) in [7, 11) is 2.59.